The van der Waals surface area contributed by atoms with Crippen LogP contribution < -0.4 is 9.47 Å². The van der Waals surface area contributed by atoms with Crippen molar-refractivity contribution in [1.82, 2.24) is 0 Å². The van der Waals surface area contributed by atoms with E-state index >= 15 is 0 Å². The van der Waals surface area contributed by atoms with Gasteiger partial charge in [-0.25, -0.2) is 0 Å². The van der Waals surface area contributed by atoms with Gasteiger partial charge in [0.1, 0.15) is 11.5 Å². The van der Waals surface area contributed by atoms with E-state index in [2.05, 4.69) is 75.4 Å². The first kappa shape index (κ1) is 51.0. The Morgan fingerprint density at radius 1 is 0.421 bits per heavy atom. The van der Waals surface area contributed by atoms with Gasteiger partial charge in [0.25, 0.3) is 0 Å². The van der Waals surface area contributed by atoms with Gasteiger partial charge in [0.05, 0.1) is 13.2 Å². The van der Waals surface area contributed by atoms with Gasteiger partial charge in [-0.3, -0.25) is 0 Å². The Morgan fingerprint density at radius 2 is 0.754 bits per heavy atom. The molecule has 0 bridgehead atoms. The van der Waals surface area contributed by atoms with Crippen molar-refractivity contribution in [2.75, 3.05) is 13.2 Å². The van der Waals surface area contributed by atoms with Gasteiger partial charge in [-0.15, -0.1) is 0 Å². The maximum atomic E-state index is 6.32. The lowest BCUT2D eigenvalue weighted by Gasteiger charge is -2.12. The van der Waals surface area contributed by atoms with E-state index in [1.54, 1.807) is 0 Å². The molecule has 0 N–H and O–H groups in total. The molecule has 2 aromatic rings. The second-order valence-corrected chi connectivity index (χ2v) is 17.6. The molecule has 3 heteroatoms. The van der Waals surface area contributed by atoms with Crippen LogP contribution in [0.4, 0.5) is 0 Å². The fourth-order valence-corrected chi connectivity index (χ4v) is 8.13. The summed E-state index contributed by atoms with van der Waals surface area (Å²) in [6, 6.07) is 15.1. The molecule has 0 saturated heterocycles. The van der Waals surface area contributed by atoms with Crippen LogP contribution in [-0.4, -0.2) is 18.1 Å². The Bertz CT molecular complexity index is 1160. The molecule has 0 amide bonds. The Hall–Kier alpha value is -2.13. The molecule has 0 spiro atoms. The molecule has 2 rings (SSSR count). The first-order chi connectivity index (χ1) is 28.2. The lowest BCUT2D eigenvalue weighted by Crippen LogP contribution is -2.01. The van der Waals surface area contributed by atoms with E-state index in [1.807, 2.05) is 0 Å². The van der Waals surface area contributed by atoms with Crippen molar-refractivity contribution in [2.24, 2.45) is 0 Å². The summed E-state index contributed by atoms with van der Waals surface area (Å²) in [5.41, 5.74) is 3.54. The number of aryl methyl sites for hydroxylation is 1. The highest BCUT2D eigenvalue weighted by Gasteiger charge is 2.05. The Balaban J connectivity index is 1.67. The minimum Gasteiger partial charge on any atom is -0.493 e. The van der Waals surface area contributed by atoms with E-state index in [4.69, 9.17) is 21.7 Å². The standard InChI is InChI=1S/C54H90O2S/c1-4-7-9-11-13-15-17-19-21-23-25-27-29-31-33-35-44-55-52-46-50(40-43-54(57)51-41-38-49(37-6-3)39-42-51)47-53(48-52)56-45-36-34-32-30-28-26-24-22-20-18-16-14-12-10-8-5-2/h38-43,46-48H,4-37,44-45H2,1-3H3. The van der Waals surface area contributed by atoms with Gasteiger partial charge in [0.2, 0.25) is 0 Å². The van der Waals surface area contributed by atoms with Gasteiger partial charge in [-0.2, -0.15) is 0 Å². The van der Waals surface area contributed by atoms with Crippen LogP contribution in [-0.2, 0) is 6.42 Å². The number of thiocarbonyl (C=S) groups is 1. The van der Waals surface area contributed by atoms with E-state index in [-0.39, 0.29) is 0 Å². The van der Waals surface area contributed by atoms with Crippen molar-refractivity contribution < 1.29 is 9.47 Å². The third-order valence-corrected chi connectivity index (χ3v) is 12.0. The van der Waals surface area contributed by atoms with E-state index in [0.717, 1.165) is 66.4 Å². The maximum absolute atomic E-state index is 6.32. The monoisotopic (exact) mass is 803 g/mol. The van der Waals surface area contributed by atoms with Crippen molar-refractivity contribution in [1.29, 1.82) is 0 Å². The topological polar surface area (TPSA) is 18.5 Å². The van der Waals surface area contributed by atoms with Crippen LogP contribution in [0.5, 0.6) is 11.5 Å². The summed E-state index contributed by atoms with van der Waals surface area (Å²) in [6.45, 7) is 8.33. The summed E-state index contributed by atoms with van der Waals surface area (Å²) >= 11 is 5.80. The molecule has 0 saturated carbocycles. The van der Waals surface area contributed by atoms with Crippen LogP contribution in [0.15, 0.2) is 48.5 Å². The summed E-state index contributed by atoms with van der Waals surface area (Å²) in [5, 5.41) is 0. The van der Waals surface area contributed by atoms with Crippen molar-refractivity contribution in [3.63, 3.8) is 0 Å². The van der Waals surface area contributed by atoms with Gasteiger partial charge in [-0.05, 0) is 54.2 Å². The second-order valence-electron chi connectivity index (χ2n) is 17.2. The average Bonchev–Trinajstić information content (AvgIpc) is 3.22. The Kier molecular flexibility index (Phi) is 34.1. The molecule has 0 aliphatic heterocycles. The summed E-state index contributed by atoms with van der Waals surface area (Å²) in [7, 11) is 0. The van der Waals surface area contributed by atoms with Crippen LogP contribution in [0.1, 0.15) is 249 Å². The van der Waals surface area contributed by atoms with Crippen molar-refractivity contribution in [3.05, 3.63) is 65.2 Å². The molecule has 57 heavy (non-hydrogen) atoms. The highest BCUT2D eigenvalue weighted by atomic mass is 32.1. The lowest BCUT2D eigenvalue weighted by atomic mass is 10.0. The number of hydrogen-bond acceptors (Lipinski definition) is 3. The third kappa shape index (κ3) is 29.7. The number of hydrogen-bond donors (Lipinski definition) is 0. The highest BCUT2D eigenvalue weighted by molar-refractivity contribution is 7.81. The molecule has 0 radical (unpaired) electrons. The SMILES string of the molecule is CCCCCCCCCCCCCCCCCCOc1cc(C=CC(=S)c2ccc(CCC)cc2)cc(OCCCCCCCCCCCCCCCCCC)c1. The molecule has 0 atom stereocenters. The van der Waals surface area contributed by atoms with Gasteiger partial charge in [0, 0.05) is 10.9 Å². The maximum Gasteiger partial charge on any atom is 0.123 e. The van der Waals surface area contributed by atoms with Crippen LogP contribution in [0.3, 0.4) is 0 Å². The number of ether oxygens (including phenoxy) is 2. The van der Waals surface area contributed by atoms with Crippen molar-refractivity contribution in [2.45, 2.75) is 239 Å². The summed E-state index contributed by atoms with van der Waals surface area (Å²) in [4.78, 5) is 0.855. The van der Waals surface area contributed by atoms with E-state index in [9.17, 15) is 0 Å². The molecule has 2 aromatic carbocycles. The molecule has 0 aliphatic carbocycles. The van der Waals surface area contributed by atoms with Crippen molar-refractivity contribution in [3.8, 4) is 11.5 Å². The Morgan fingerprint density at radius 3 is 1.09 bits per heavy atom. The van der Waals surface area contributed by atoms with Crippen molar-refractivity contribution >= 4 is 23.2 Å². The van der Waals surface area contributed by atoms with Gasteiger partial charge in [-0.1, -0.05) is 262 Å². The molecule has 2 nitrogen and oxygen atoms in total. The number of benzene rings is 2. The quantitative estimate of drug-likeness (QED) is 0.0289. The summed E-state index contributed by atoms with van der Waals surface area (Å²) in [6.07, 6.45) is 50.6. The molecular formula is C54H90O2S. The minimum atomic E-state index is 0.757. The summed E-state index contributed by atoms with van der Waals surface area (Å²) in [5.74, 6) is 1.80. The zero-order chi connectivity index (χ0) is 40.7. The van der Waals surface area contributed by atoms with E-state index in [0.29, 0.717) is 0 Å². The molecule has 0 aromatic heterocycles. The van der Waals surface area contributed by atoms with Gasteiger partial charge < -0.3 is 9.47 Å². The molecule has 0 aliphatic rings. The fourth-order valence-electron chi connectivity index (χ4n) is 7.93. The van der Waals surface area contributed by atoms with E-state index < -0.39 is 0 Å². The molecular weight excluding hydrogens is 713 g/mol. The largest absolute Gasteiger partial charge is 0.493 e. The van der Waals surface area contributed by atoms with Crippen LogP contribution >= 0.6 is 12.2 Å². The number of rotatable bonds is 41. The second kappa shape index (κ2) is 38.1. The first-order valence-electron chi connectivity index (χ1n) is 24.9. The minimum absolute atomic E-state index is 0.757. The zero-order valence-electron chi connectivity index (χ0n) is 37.9. The number of unbranched alkanes of at least 4 members (excludes halogenated alkanes) is 30. The van der Waals surface area contributed by atoms with Crippen LogP contribution in [0.2, 0.25) is 0 Å². The average molecular weight is 803 g/mol. The lowest BCUT2D eigenvalue weighted by molar-refractivity contribution is 0.289. The first-order valence-corrected chi connectivity index (χ1v) is 25.3. The zero-order valence-corrected chi connectivity index (χ0v) is 38.7. The molecule has 0 heterocycles. The highest BCUT2D eigenvalue weighted by Crippen LogP contribution is 2.26. The van der Waals surface area contributed by atoms with Gasteiger partial charge in [0.15, 0.2) is 0 Å². The molecule has 0 fully saturated rings. The van der Waals surface area contributed by atoms with E-state index in [1.165, 1.54) is 198 Å². The van der Waals surface area contributed by atoms with Crippen LogP contribution in [0, 0.1) is 0 Å². The normalized spacial score (nSPS) is 11.5. The predicted molar refractivity (Wildman–Crippen MR) is 258 cm³/mol. The Labute approximate surface area is 360 Å². The fraction of sp³-hybridized carbons (Fsp3) is 0.722. The third-order valence-electron chi connectivity index (χ3n) is 11.6. The molecule has 0 unspecified atom stereocenters. The summed E-state index contributed by atoms with van der Waals surface area (Å²) < 4.78 is 12.6. The smallest absolute Gasteiger partial charge is 0.123 e. The predicted octanol–water partition coefficient (Wildman–Crippen LogP) is 18.4. The van der Waals surface area contributed by atoms with Gasteiger partial charge >= 0.3 is 0 Å². The molecule has 324 valence electrons. The van der Waals surface area contributed by atoms with Crippen LogP contribution in [0.25, 0.3) is 6.08 Å². The number of allylic oxidation sites excluding steroid dienone is 1.